The van der Waals surface area contributed by atoms with Gasteiger partial charge in [0.2, 0.25) is 0 Å². The summed E-state index contributed by atoms with van der Waals surface area (Å²) < 4.78 is 0. The Morgan fingerprint density at radius 2 is 1.61 bits per heavy atom. The Kier molecular flexibility index (Phi) is 5.54. The topological polar surface area (TPSA) is 12.0 Å². The van der Waals surface area contributed by atoms with Crippen LogP contribution in [0.3, 0.4) is 0 Å². The first kappa shape index (κ1) is 14.4. The fraction of sp³-hybridized carbons (Fsp3) is 1.00. The molecule has 1 heteroatoms. The van der Waals surface area contributed by atoms with Gasteiger partial charge in [-0.1, -0.05) is 52.4 Å². The van der Waals surface area contributed by atoms with Gasteiger partial charge in [0, 0.05) is 6.04 Å². The fourth-order valence-electron chi connectivity index (χ4n) is 4.42. The van der Waals surface area contributed by atoms with E-state index in [1.54, 1.807) is 0 Å². The van der Waals surface area contributed by atoms with E-state index in [2.05, 4.69) is 19.2 Å². The maximum atomic E-state index is 3.95. The summed E-state index contributed by atoms with van der Waals surface area (Å²) in [6.07, 6.45) is 16.0. The monoisotopic (exact) mass is 251 g/mol. The molecule has 0 bridgehead atoms. The molecule has 0 saturated heterocycles. The first-order valence-electron chi connectivity index (χ1n) is 8.49. The molecule has 0 heterocycles. The van der Waals surface area contributed by atoms with Crippen molar-refractivity contribution in [2.45, 2.75) is 90.5 Å². The van der Waals surface area contributed by atoms with Gasteiger partial charge in [0.1, 0.15) is 0 Å². The molecule has 1 nitrogen and oxygen atoms in total. The molecule has 106 valence electrons. The first-order chi connectivity index (χ1) is 8.76. The van der Waals surface area contributed by atoms with Gasteiger partial charge in [-0.25, -0.2) is 0 Å². The van der Waals surface area contributed by atoms with Crippen LogP contribution in [0.1, 0.15) is 84.5 Å². The van der Waals surface area contributed by atoms with Crippen LogP contribution in [0.15, 0.2) is 0 Å². The summed E-state index contributed by atoms with van der Waals surface area (Å²) in [6.45, 7) is 6.10. The highest BCUT2D eigenvalue weighted by molar-refractivity contribution is 4.94. The number of hydrogen-bond donors (Lipinski definition) is 1. The molecule has 1 atom stereocenters. The zero-order valence-corrected chi connectivity index (χ0v) is 12.6. The van der Waals surface area contributed by atoms with Gasteiger partial charge in [-0.3, -0.25) is 0 Å². The van der Waals surface area contributed by atoms with Gasteiger partial charge in [0.05, 0.1) is 0 Å². The minimum Gasteiger partial charge on any atom is -0.313 e. The number of rotatable bonds is 5. The molecule has 18 heavy (non-hydrogen) atoms. The molecule has 2 aliphatic rings. The Hall–Kier alpha value is -0.0400. The van der Waals surface area contributed by atoms with Crippen molar-refractivity contribution in [3.63, 3.8) is 0 Å². The molecule has 2 fully saturated rings. The van der Waals surface area contributed by atoms with Crippen LogP contribution in [-0.4, -0.2) is 12.6 Å². The summed E-state index contributed by atoms with van der Waals surface area (Å²) in [5, 5.41) is 3.95. The average Bonchev–Trinajstić information content (AvgIpc) is 2.41. The van der Waals surface area contributed by atoms with E-state index in [-0.39, 0.29) is 0 Å². The molecule has 2 rings (SSSR count). The molecule has 0 amide bonds. The Morgan fingerprint density at radius 1 is 1.00 bits per heavy atom. The van der Waals surface area contributed by atoms with E-state index in [0.717, 1.165) is 12.0 Å². The van der Waals surface area contributed by atoms with Crippen molar-refractivity contribution in [3.8, 4) is 0 Å². The molecule has 0 aromatic heterocycles. The third kappa shape index (κ3) is 3.50. The lowest BCUT2D eigenvalue weighted by molar-refractivity contribution is 0.0855. The molecule has 2 aliphatic carbocycles. The van der Waals surface area contributed by atoms with Crippen LogP contribution in [-0.2, 0) is 0 Å². The zero-order chi connectivity index (χ0) is 12.8. The number of hydrogen-bond acceptors (Lipinski definition) is 1. The normalized spacial score (nSPS) is 27.0. The maximum absolute atomic E-state index is 3.95. The fourth-order valence-corrected chi connectivity index (χ4v) is 4.42. The number of nitrogens with one attached hydrogen (secondary N) is 1. The smallest absolute Gasteiger partial charge is 0.0149 e. The van der Waals surface area contributed by atoms with E-state index >= 15 is 0 Å². The summed E-state index contributed by atoms with van der Waals surface area (Å²) in [4.78, 5) is 0. The van der Waals surface area contributed by atoms with Crippen LogP contribution in [0.2, 0.25) is 0 Å². The molecular weight excluding hydrogens is 218 g/mol. The Bertz CT molecular complexity index is 224. The SMILES string of the molecule is CCCNC(C1CCCCC1)C1(C)CCCCC1. The van der Waals surface area contributed by atoms with E-state index in [9.17, 15) is 0 Å². The molecule has 0 spiro atoms. The minimum atomic E-state index is 0.593. The van der Waals surface area contributed by atoms with Crippen LogP contribution in [0.5, 0.6) is 0 Å². The van der Waals surface area contributed by atoms with Crippen molar-refractivity contribution in [2.75, 3.05) is 6.54 Å². The van der Waals surface area contributed by atoms with Gasteiger partial charge in [-0.05, 0) is 50.0 Å². The van der Waals surface area contributed by atoms with Gasteiger partial charge < -0.3 is 5.32 Å². The first-order valence-corrected chi connectivity index (χ1v) is 8.49. The lowest BCUT2D eigenvalue weighted by Crippen LogP contribution is -2.50. The van der Waals surface area contributed by atoms with Crippen molar-refractivity contribution in [1.29, 1.82) is 0 Å². The van der Waals surface area contributed by atoms with Crippen LogP contribution >= 0.6 is 0 Å². The van der Waals surface area contributed by atoms with E-state index in [0.29, 0.717) is 5.41 Å². The van der Waals surface area contributed by atoms with Crippen LogP contribution in [0.4, 0.5) is 0 Å². The van der Waals surface area contributed by atoms with Crippen molar-refractivity contribution < 1.29 is 0 Å². The second kappa shape index (κ2) is 6.93. The standard InChI is InChI=1S/C17H33N/c1-3-14-18-16(15-10-6-4-7-11-15)17(2)12-8-5-9-13-17/h15-16,18H,3-14H2,1-2H3. The average molecular weight is 251 g/mol. The molecule has 2 saturated carbocycles. The minimum absolute atomic E-state index is 0.593. The second-order valence-electron chi connectivity index (χ2n) is 7.04. The molecular formula is C17H33N. The van der Waals surface area contributed by atoms with Crippen molar-refractivity contribution in [2.24, 2.45) is 11.3 Å². The summed E-state index contributed by atoms with van der Waals surface area (Å²) in [5.41, 5.74) is 0.593. The van der Waals surface area contributed by atoms with Crippen LogP contribution in [0.25, 0.3) is 0 Å². The van der Waals surface area contributed by atoms with E-state index in [1.807, 2.05) is 0 Å². The van der Waals surface area contributed by atoms with Crippen molar-refractivity contribution >= 4 is 0 Å². The van der Waals surface area contributed by atoms with Gasteiger partial charge in [0.15, 0.2) is 0 Å². The van der Waals surface area contributed by atoms with Gasteiger partial charge in [-0.2, -0.15) is 0 Å². The summed E-state index contributed by atoms with van der Waals surface area (Å²) in [7, 11) is 0. The molecule has 0 aromatic rings. The molecule has 1 unspecified atom stereocenters. The predicted octanol–water partition coefficient (Wildman–Crippen LogP) is 4.91. The summed E-state index contributed by atoms with van der Waals surface area (Å²) in [6, 6.07) is 0.804. The van der Waals surface area contributed by atoms with Crippen LogP contribution in [0, 0.1) is 11.3 Å². The van der Waals surface area contributed by atoms with E-state index in [1.165, 1.54) is 77.2 Å². The van der Waals surface area contributed by atoms with Crippen molar-refractivity contribution in [1.82, 2.24) is 5.32 Å². The second-order valence-corrected chi connectivity index (χ2v) is 7.04. The predicted molar refractivity (Wildman–Crippen MR) is 79.8 cm³/mol. The molecule has 0 aliphatic heterocycles. The summed E-state index contributed by atoms with van der Waals surface area (Å²) in [5.74, 6) is 0.966. The summed E-state index contributed by atoms with van der Waals surface area (Å²) >= 11 is 0. The highest BCUT2D eigenvalue weighted by atomic mass is 14.9. The van der Waals surface area contributed by atoms with Crippen LogP contribution < -0.4 is 5.32 Å². The van der Waals surface area contributed by atoms with E-state index < -0.39 is 0 Å². The third-order valence-electron chi connectivity index (χ3n) is 5.48. The quantitative estimate of drug-likeness (QED) is 0.732. The Morgan fingerprint density at radius 3 is 2.22 bits per heavy atom. The van der Waals surface area contributed by atoms with Gasteiger partial charge in [-0.15, -0.1) is 0 Å². The highest BCUT2D eigenvalue weighted by Gasteiger charge is 2.39. The largest absolute Gasteiger partial charge is 0.313 e. The lowest BCUT2D eigenvalue weighted by Gasteiger charge is -2.46. The zero-order valence-electron chi connectivity index (χ0n) is 12.6. The maximum Gasteiger partial charge on any atom is 0.0149 e. The molecule has 0 radical (unpaired) electrons. The lowest BCUT2D eigenvalue weighted by atomic mass is 9.64. The van der Waals surface area contributed by atoms with Gasteiger partial charge >= 0.3 is 0 Å². The Balaban J connectivity index is 2.02. The molecule has 1 N–H and O–H groups in total. The Labute approximate surface area is 114 Å². The molecule has 0 aromatic carbocycles. The van der Waals surface area contributed by atoms with E-state index in [4.69, 9.17) is 0 Å². The van der Waals surface area contributed by atoms with Gasteiger partial charge in [0.25, 0.3) is 0 Å². The highest BCUT2D eigenvalue weighted by Crippen LogP contribution is 2.44. The van der Waals surface area contributed by atoms with Crippen molar-refractivity contribution in [3.05, 3.63) is 0 Å². The third-order valence-corrected chi connectivity index (χ3v) is 5.48.